The minimum absolute atomic E-state index is 0. The minimum atomic E-state index is -0.00757. The second-order valence-corrected chi connectivity index (χ2v) is 4.40. The zero-order chi connectivity index (χ0) is 12.7. The lowest BCUT2D eigenvalue weighted by molar-refractivity contribution is 0.0949. The van der Waals surface area contributed by atoms with Gasteiger partial charge in [-0.15, -0.1) is 17.0 Å². The Bertz CT molecular complexity index is 352. The van der Waals surface area contributed by atoms with Crippen LogP contribution in [0.15, 0.2) is 24.3 Å². The van der Waals surface area contributed by atoms with Crippen molar-refractivity contribution in [1.29, 1.82) is 0 Å². The highest BCUT2D eigenvalue weighted by Crippen LogP contribution is 2.04. The molecule has 0 aliphatic rings. The molecule has 102 valence electrons. The molecule has 0 atom stereocenters. The highest BCUT2D eigenvalue weighted by atomic mass is 79.9. The molecule has 1 aromatic rings. The average molecular weight is 316 g/mol. The number of benzene rings is 1. The highest BCUT2D eigenvalue weighted by molar-refractivity contribution is 8.93. The third-order valence-corrected chi connectivity index (χ3v) is 2.36. The van der Waals surface area contributed by atoms with Gasteiger partial charge < -0.3 is 5.32 Å². The Morgan fingerprint density at radius 2 is 1.83 bits per heavy atom. The average Bonchev–Trinajstić information content (AvgIpc) is 2.34. The predicted molar refractivity (Wildman–Crippen MR) is 79.8 cm³/mol. The summed E-state index contributed by atoms with van der Waals surface area (Å²) >= 11 is 0. The molecule has 0 heterocycles. The molecule has 0 radical (unpaired) electrons. The van der Waals surface area contributed by atoms with Gasteiger partial charge in [0.15, 0.2) is 0 Å². The molecule has 0 fully saturated rings. The van der Waals surface area contributed by atoms with Gasteiger partial charge in [-0.3, -0.25) is 15.6 Å². The van der Waals surface area contributed by atoms with Crippen LogP contribution in [0.2, 0.25) is 0 Å². The van der Waals surface area contributed by atoms with E-state index in [2.05, 4.69) is 30.0 Å². The number of hydrogen-bond donors (Lipinski definition) is 3. The van der Waals surface area contributed by atoms with Crippen molar-refractivity contribution in [3.63, 3.8) is 0 Å². The fourth-order valence-corrected chi connectivity index (χ4v) is 1.36. The van der Waals surface area contributed by atoms with Gasteiger partial charge >= 0.3 is 0 Å². The van der Waals surface area contributed by atoms with E-state index in [9.17, 15) is 4.79 Å². The number of carbonyl (C=O) groups excluding carboxylic acids is 1. The first-order valence-electron chi connectivity index (χ1n) is 5.90. The number of halogens is 1. The molecule has 0 saturated carbocycles. The summed E-state index contributed by atoms with van der Waals surface area (Å²) in [4.78, 5) is 11.7. The highest BCUT2D eigenvalue weighted by Gasteiger charge is 2.05. The van der Waals surface area contributed by atoms with Crippen LogP contribution in [0.1, 0.15) is 29.8 Å². The number of nitrogens with one attached hydrogen (secondary N) is 3. The maximum absolute atomic E-state index is 11.7. The first-order chi connectivity index (χ1) is 8.13. The van der Waals surface area contributed by atoms with Crippen molar-refractivity contribution in [1.82, 2.24) is 16.2 Å². The van der Waals surface area contributed by atoms with E-state index in [0.29, 0.717) is 18.0 Å². The molecule has 0 unspecified atom stereocenters. The third kappa shape index (κ3) is 6.14. The zero-order valence-corrected chi connectivity index (χ0v) is 12.8. The van der Waals surface area contributed by atoms with Crippen LogP contribution in [-0.4, -0.2) is 19.5 Å². The molecule has 0 aliphatic carbocycles. The molecule has 0 spiro atoms. The monoisotopic (exact) mass is 315 g/mol. The van der Waals surface area contributed by atoms with Crippen LogP contribution < -0.4 is 16.2 Å². The number of amides is 1. The Balaban J connectivity index is 0.00000289. The van der Waals surface area contributed by atoms with Crippen molar-refractivity contribution < 1.29 is 4.79 Å². The minimum Gasteiger partial charge on any atom is -0.352 e. The van der Waals surface area contributed by atoms with Crippen molar-refractivity contribution in [2.24, 2.45) is 5.92 Å². The molecule has 1 aromatic carbocycles. The van der Waals surface area contributed by atoms with Crippen molar-refractivity contribution in [3.05, 3.63) is 35.4 Å². The molecule has 0 saturated heterocycles. The van der Waals surface area contributed by atoms with E-state index in [1.165, 1.54) is 0 Å². The Morgan fingerprint density at radius 3 is 2.33 bits per heavy atom. The lowest BCUT2D eigenvalue weighted by Gasteiger charge is -2.08. The van der Waals surface area contributed by atoms with Gasteiger partial charge in [0.1, 0.15) is 0 Å². The van der Waals surface area contributed by atoms with Gasteiger partial charge in [-0.05, 0) is 30.7 Å². The molecular formula is C13H22BrN3O. The summed E-state index contributed by atoms with van der Waals surface area (Å²) in [6.45, 7) is 5.60. The standard InChI is InChI=1S/C13H21N3O.BrH/c1-10(2)8-15-13(17)12-6-4-11(5-7-12)9-16-14-3;/h4-7,10,14,16H,8-9H2,1-3H3,(H,15,17);1H. The quantitative estimate of drug-likeness (QED) is 0.703. The van der Waals surface area contributed by atoms with E-state index in [-0.39, 0.29) is 22.9 Å². The van der Waals surface area contributed by atoms with E-state index in [0.717, 1.165) is 12.1 Å². The number of rotatable bonds is 6. The molecule has 5 heteroatoms. The topological polar surface area (TPSA) is 53.2 Å². The molecule has 4 nitrogen and oxygen atoms in total. The van der Waals surface area contributed by atoms with Crippen LogP contribution in [0.3, 0.4) is 0 Å². The van der Waals surface area contributed by atoms with Crippen molar-refractivity contribution in [2.45, 2.75) is 20.4 Å². The molecule has 1 amide bonds. The Morgan fingerprint density at radius 1 is 1.22 bits per heavy atom. The van der Waals surface area contributed by atoms with E-state index in [1.807, 2.05) is 31.3 Å². The molecule has 0 bridgehead atoms. The largest absolute Gasteiger partial charge is 0.352 e. The SMILES string of the molecule is Br.CNNCc1ccc(C(=O)NCC(C)C)cc1. The van der Waals surface area contributed by atoms with Crippen LogP contribution in [0.25, 0.3) is 0 Å². The molecule has 1 rings (SSSR count). The van der Waals surface area contributed by atoms with Gasteiger partial charge in [0.05, 0.1) is 0 Å². The number of hydrogen-bond acceptors (Lipinski definition) is 3. The maximum Gasteiger partial charge on any atom is 0.251 e. The predicted octanol–water partition coefficient (Wildman–Crippen LogP) is 1.87. The van der Waals surface area contributed by atoms with Crippen LogP contribution in [0.4, 0.5) is 0 Å². The zero-order valence-electron chi connectivity index (χ0n) is 11.1. The van der Waals surface area contributed by atoms with E-state index in [4.69, 9.17) is 0 Å². The van der Waals surface area contributed by atoms with Gasteiger partial charge in [0.2, 0.25) is 0 Å². The normalized spacial score (nSPS) is 10.0. The fraction of sp³-hybridized carbons (Fsp3) is 0.462. The molecule has 18 heavy (non-hydrogen) atoms. The Labute approximate surface area is 119 Å². The smallest absolute Gasteiger partial charge is 0.251 e. The summed E-state index contributed by atoms with van der Waals surface area (Å²) in [5.74, 6) is 0.463. The van der Waals surface area contributed by atoms with Gasteiger partial charge in [-0.25, -0.2) is 0 Å². The van der Waals surface area contributed by atoms with Crippen molar-refractivity contribution >= 4 is 22.9 Å². The number of hydrazine groups is 1. The fourth-order valence-electron chi connectivity index (χ4n) is 1.36. The van der Waals surface area contributed by atoms with Gasteiger partial charge in [-0.1, -0.05) is 26.0 Å². The maximum atomic E-state index is 11.7. The van der Waals surface area contributed by atoms with E-state index >= 15 is 0 Å². The molecular weight excluding hydrogens is 294 g/mol. The second kappa shape index (κ2) is 9.08. The van der Waals surface area contributed by atoms with Gasteiger partial charge in [0, 0.05) is 18.7 Å². The Kier molecular flexibility index (Phi) is 8.62. The number of carbonyl (C=O) groups is 1. The van der Waals surface area contributed by atoms with Crippen LogP contribution >= 0.6 is 17.0 Å². The summed E-state index contributed by atoms with van der Waals surface area (Å²) in [6.07, 6.45) is 0. The van der Waals surface area contributed by atoms with Crippen molar-refractivity contribution in [2.75, 3.05) is 13.6 Å². The van der Waals surface area contributed by atoms with E-state index in [1.54, 1.807) is 0 Å². The third-order valence-electron chi connectivity index (χ3n) is 2.36. The van der Waals surface area contributed by atoms with Crippen LogP contribution in [0.5, 0.6) is 0 Å². The first kappa shape index (κ1) is 17.1. The lowest BCUT2D eigenvalue weighted by atomic mass is 10.1. The Hall–Kier alpha value is -0.910. The lowest BCUT2D eigenvalue weighted by Crippen LogP contribution is -2.28. The summed E-state index contributed by atoms with van der Waals surface area (Å²) < 4.78 is 0. The summed E-state index contributed by atoms with van der Waals surface area (Å²) in [5.41, 5.74) is 7.71. The van der Waals surface area contributed by atoms with Crippen LogP contribution in [0, 0.1) is 5.92 Å². The second-order valence-electron chi connectivity index (χ2n) is 4.40. The summed E-state index contributed by atoms with van der Waals surface area (Å²) in [5, 5.41) is 2.89. The molecule has 0 aliphatic heterocycles. The van der Waals surface area contributed by atoms with Gasteiger partial charge in [-0.2, -0.15) is 0 Å². The first-order valence-corrected chi connectivity index (χ1v) is 5.90. The van der Waals surface area contributed by atoms with Crippen LogP contribution in [-0.2, 0) is 6.54 Å². The van der Waals surface area contributed by atoms with Crippen molar-refractivity contribution in [3.8, 4) is 0 Å². The summed E-state index contributed by atoms with van der Waals surface area (Å²) in [6, 6.07) is 7.61. The molecule has 0 aromatic heterocycles. The summed E-state index contributed by atoms with van der Waals surface area (Å²) in [7, 11) is 1.83. The van der Waals surface area contributed by atoms with E-state index < -0.39 is 0 Å². The molecule has 3 N–H and O–H groups in total. The van der Waals surface area contributed by atoms with Gasteiger partial charge in [0.25, 0.3) is 5.91 Å².